The van der Waals surface area contributed by atoms with Gasteiger partial charge in [-0.1, -0.05) is 30.3 Å². The molecule has 4 nitrogen and oxygen atoms in total. The number of nitrogens with zero attached hydrogens (tertiary/aromatic N) is 1. The van der Waals surface area contributed by atoms with E-state index in [1.54, 1.807) is 7.11 Å². The van der Waals surface area contributed by atoms with Gasteiger partial charge in [0, 0.05) is 30.2 Å². The largest absolute Gasteiger partial charge is 0.497 e. The molecule has 0 aliphatic heterocycles. The minimum absolute atomic E-state index is 0.0335. The van der Waals surface area contributed by atoms with Gasteiger partial charge < -0.3 is 14.6 Å². The lowest BCUT2D eigenvalue weighted by Gasteiger charge is -2.07. The van der Waals surface area contributed by atoms with E-state index >= 15 is 0 Å². The summed E-state index contributed by atoms with van der Waals surface area (Å²) >= 11 is 0. The van der Waals surface area contributed by atoms with Gasteiger partial charge in [-0.25, -0.2) is 0 Å². The lowest BCUT2D eigenvalue weighted by Crippen LogP contribution is -2.27. The van der Waals surface area contributed by atoms with Crippen LogP contribution in [-0.4, -0.2) is 24.1 Å². The Balaban J connectivity index is 1.61. The molecule has 1 heterocycles. The molecule has 0 bridgehead atoms. The summed E-state index contributed by atoms with van der Waals surface area (Å²) < 4.78 is 7.41. The van der Waals surface area contributed by atoms with E-state index in [0.717, 1.165) is 17.7 Å². The molecule has 0 radical (unpaired) electrons. The molecule has 1 amide bonds. The van der Waals surface area contributed by atoms with E-state index in [1.165, 1.54) is 22.2 Å². The number of fused-ring (bicyclic) bond motifs is 1. The Bertz CT molecular complexity index is 896. The van der Waals surface area contributed by atoms with Gasteiger partial charge in [0.2, 0.25) is 5.91 Å². The van der Waals surface area contributed by atoms with Crippen molar-refractivity contribution in [3.05, 3.63) is 65.4 Å². The number of aryl methyl sites for hydroxylation is 1. The standard InChI is InChI=1S/C21H24N2O2/c1-15-18(19-9-4-5-10-20(19)23(15)2)11-12-22-21(24)14-16-7-6-8-17(13-16)25-3/h4-10,13H,11-12,14H2,1-3H3,(H,22,24). The molecule has 130 valence electrons. The lowest BCUT2D eigenvalue weighted by molar-refractivity contribution is -0.120. The van der Waals surface area contributed by atoms with E-state index in [-0.39, 0.29) is 5.91 Å². The fraction of sp³-hybridized carbons (Fsp3) is 0.286. The molecule has 0 fully saturated rings. The number of aromatic nitrogens is 1. The summed E-state index contributed by atoms with van der Waals surface area (Å²) in [5, 5.41) is 4.30. The Morgan fingerprint density at radius 2 is 1.96 bits per heavy atom. The van der Waals surface area contributed by atoms with Crippen LogP contribution in [0, 0.1) is 6.92 Å². The van der Waals surface area contributed by atoms with Crippen molar-refractivity contribution < 1.29 is 9.53 Å². The van der Waals surface area contributed by atoms with Crippen molar-refractivity contribution in [3.63, 3.8) is 0 Å². The molecule has 1 aromatic heterocycles. The molecule has 0 unspecified atom stereocenters. The smallest absolute Gasteiger partial charge is 0.224 e. The quantitative estimate of drug-likeness (QED) is 0.750. The van der Waals surface area contributed by atoms with Crippen LogP contribution in [0.4, 0.5) is 0 Å². The van der Waals surface area contributed by atoms with Crippen LogP contribution in [0.2, 0.25) is 0 Å². The molecule has 1 N–H and O–H groups in total. The number of amides is 1. The molecule has 2 aromatic carbocycles. The van der Waals surface area contributed by atoms with Gasteiger partial charge in [-0.05, 0) is 42.7 Å². The second-order valence-corrected chi connectivity index (χ2v) is 6.27. The van der Waals surface area contributed by atoms with Gasteiger partial charge in [0.05, 0.1) is 13.5 Å². The Morgan fingerprint density at radius 3 is 2.76 bits per heavy atom. The summed E-state index contributed by atoms with van der Waals surface area (Å²) in [5.74, 6) is 0.808. The summed E-state index contributed by atoms with van der Waals surface area (Å²) in [6, 6.07) is 16.0. The Kier molecular flexibility index (Phi) is 5.08. The van der Waals surface area contributed by atoms with E-state index < -0.39 is 0 Å². The molecular weight excluding hydrogens is 312 g/mol. The average Bonchev–Trinajstić information content (AvgIpc) is 2.87. The van der Waals surface area contributed by atoms with E-state index in [4.69, 9.17) is 4.74 Å². The Morgan fingerprint density at radius 1 is 1.16 bits per heavy atom. The average molecular weight is 336 g/mol. The van der Waals surface area contributed by atoms with Crippen molar-refractivity contribution in [2.45, 2.75) is 19.8 Å². The van der Waals surface area contributed by atoms with Gasteiger partial charge in [-0.3, -0.25) is 4.79 Å². The first-order valence-corrected chi connectivity index (χ1v) is 8.52. The number of hydrogen-bond donors (Lipinski definition) is 1. The zero-order valence-electron chi connectivity index (χ0n) is 15.0. The van der Waals surface area contributed by atoms with Crippen LogP contribution in [0.1, 0.15) is 16.8 Å². The molecule has 0 saturated heterocycles. The van der Waals surface area contributed by atoms with Gasteiger partial charge >= 0.3 is 0 Å². The first kappa shape index (κ1) is 17.1. The lowest BCUT2D eigenvalue weighted by atomic mass is 10.1. The van der Waals surface area contributed by atoms with Crippen LogP contribution >= 0.6 is 0 Å². The zero-order valence-corrected chi connectivity index (χ0v) is 15.0. The topological polar surface area (TPSA) is 43.3 Å². The van der Waals surface area contributed by atoms with Gasteiger partial charge in [0.15, 0.2) is 0 Å². The summed E-state index contributed by atoms with van der Waals surface area (Å²) in [6.07, 6.45) is 1.20. The van der Waals surface area contributed by atoms with E-state index in [1.807, 2.05) is 24.3 Å². The van der Waals surface area contributed by atoms with Gasteiger partial charge in [0.1, 0.15) is 5.75 Å². The van der Waals surface area contributed by atoms with Crippen molar-refractivity contribution in [3.8, 4) is 5.75 Å². The van der Waals surface area contributed by atoms with Crippen molar-refractivity contribution in [2.24, 2.45) is 7.05 Å². The highest BCUT2D eigenvalue weighted by Gasteiger charge is 2.11. The van der Waals surface area contributed by atoms with Crippen LogP contribution < -0.4 is 10.1 Å². The third-order valence-corrected chi connectivity index (χ3v) is 4.73. The van der Waals surface area contributed by atoms with Crippen molar-refractivity contribution >= 4 is 16.8 Å². The molecule has 3 rings (SSSR count). The normalized spacial score (nSPS) is 10.8. The molecule has 3 aromatic rings. The molecule has 0 atom stereocenters. The predicted molar refractivity (Wildman–Crippen MR) is 101 cm³/mol. The van der Waals surface area contributed by atoms with Crippen molar-refractivity contribution in [1.29, 1.82) is 0 Å². The van der Waals surface area contributed by atoms with Crippen molar-refractivity contribution in [1.82, 2.24) is 9.88 Å². The third kappa shape index (κ3) is 3.68. The second-order valence-electron chi connectivity index (χ2n) is 6.27. The number of rotatable bonds is 6. The molecule has 0 spiro atoms. The van der Waals surface area contributed by atoms with E-state index in [9.17, 15) is 4.79 Å². The number of benzene rings is 2. The predicted octanol–water partition coefficient (Wildman–Crippen LogP) is 3.40. The highest BCUT2D eigenvalue weighted by Crippen LogP contribution is 2.24. The number of carbonyl (C=O) groups is 1. The maximum Gasteiger partial charge on any atom is 0.224 e. The van der Waals surface area contributed by atoms with E-state index in [2.05, 4.69) is 48.1 Å². The van der Waals surface area contributed by atoms with Crippen LogP contribution in [0.3, 0.4) is 0 Å². The molecular formula is C21H24N2O2. The molecule has 25 heavy (non-hydrogen) atoms. The first-order chi connectivity index (χ1) is 12.1. The molecule has 0 saturated carbocycles. The maximum atomic E-state index is 12.2. The van der Waals surface area contributed by atoms with Crippen LogP contribution in [0.5, 0.6) is 5.75 Å². The van der Waals surface area contributed by atoms with Crippen molar-refractivity contribution in [2.75, 3.05) is 13.7 Å². The van der Waals surface area contributed by atoms with Gasteiger partial charge in [-0.15, -0.1) is 0 Å². The summed E-state index contributed by atoms with van der Waals surface area (Å²) in [7, 11) is 3.72. The fourth-order valence-corrected chi connectivity index (χ4v) is 3.27. The molecule has 0 aliphatic rings. The van der Waals surface area contributed by atoms with E-state index in [0.29, 0.717) is 13.0 Å². The summed E-state index contributed by atoms with van der Waals surface area (Å²) in [5.41, 5.74) is 4.75. The number of carbonyl (C=O) groups excluding carboxylic acids is 1. The minimum Gasteiger partial charge on any atom is -0.497 e. The Hall–Kier alpha value is -2.75. The first-order valence-electron chi connectivity index (χ1n) is 8.52. The summed E-state index contributed by atoms with van der Waals surface area (Å²) in [6.45, 7) is 2.77. The number of methoxy groups -OCH3 is 1. The van der Waals surface area contributed by atoms with Gasteiger partial charge in [0.25, 0.3) is 0 Å². The number of nitrogens with one attached hydrogen (secondary N) is 1. The Labute approximate surface area is 148 Å². The second kappa shape index (κ2) is 7.43. The monoisotopic (exact) mass is 336 g/mol. The van der Waals surface area contributed by atoms with Crippen LogP contribution in [-0.2, 0) is 24.7 Å². The van der Waals surface area contributed by atoms with Crippen LogP contribution in [0.25, 0.3) is 10.9 Å². The number of ether oxygens (including phenoxy) is 1. The number of para-hydroxylation sites is 1. The van der Waals surface area contributed by atoms with Crippen LogP contribution in [0.15, 0.2) is 48.5 Å². The number of hydrogen-bond acceptors (Lipinski definition) is 2. The highest BCUT2D eigenvalue weighted by molar-refractivity contribution is 5.85. The zero-order chi connectivity index (χ0) is 17.8. The minimum atomic E-state index is 0.0335. The SMILES string of the molecule is COc1cccc(CC(=O)NCCc2c(C)n(C)c3ccccc23)c1. The summed E-state index contributed by atoms with van der Waals surface area (Å²) in [4.78, 5) is 12.2. The molecule has 0 aliphatic carbocycles. The molecule has 4 heteroatoms. The maximum absolute atomic E-state index is 12.2. The highest BCUT2D eigenvalue weighted by atomic mass is 16.5. The third-order valence-electron chi connectivity index (χ3n) is 4.73. The van der Waals surface area contributed by atoms with Gasteiger partial charge in [-0.2, -0.15) is 0 Å². The fourth-order valence-electron chi connectivity index (χ4n) is 3.27.